The molecule has 0 N–H and O–H groups in total. The first kappa shape index (κ1) is 13.1. The van der Waals surface area contributed by atoms with Crippen molar-refractivity contribution in [3.8, 4) is 0 Å². The molecule has 2 heterocycles. The summed E-state index contributed by atoms with van der Waals surface area (Å²) < 4.78 is 1.75. The van der Waals surface area contributed by atoms with Gasteiger partial charge in [0.05, 0.1) is 9.21 Å². The highest BCUT2D eigenvalue weighted by Crippen LogP contribution is 2.22. The number of thiophene rings is 1. The molecule has 0 saturated carbocycles. The molecule has 0 saturated heterocycles. The first-order valence-corrected chi connectivity index (χ1v) is 6.49. The van der Waals surface area contributed by atoms with Gasteiger partial charge in [-0.15, -0.1) is 11.3 Å². The molecule has 7 nitrogen and oxygen atoms in total. The lowest BCUT2D eigenvalue weighted by Crippen LogP contribution is -2.11. The highest BCUT2D eigenvalue weighted by molar-refractivity contribution is 9.10. The fraction of sp³-hybridized carbons (Fsp3) is 0.125. The Morgan fingerprint density at radius 2 is 2.33 bits per heavy atom. The van der Waals surface area contributed by atoms with E-state index < -0.39 is 10.9 Å². The molecule has 0 amide bonds. The smallest absolute Gasteiger partial charge is 0.390 e. The molecule has 0 aliphatic rings. The Labute approximate surface area is 118 Å². The monoisotopic (exact) mass is 350 g/mol. The Bertz CT molecular complexity index is 626. The number of hydrogen-bond acceptors (Lipinski definition) is 6. The Morgan fingerprint density at radius 3 is 2.83 bits per heavy atom. The number of hydrogen-bond donors (Lipinski definition) is 0. The molecule has 0 bridgehead atoms. The van der Waals surface area contributed by atoms with Gasteiger partial charge in [-0.1, -0.05) is 11.6 Å². The second kappa shape index (κ2) is 5.12. The fourth-order valence-electron chi connectivity index (χ4n) is 1.17. The second-order valence-corrected chi connectivity index (χ2v) is 5.55. The maximum absolute atomic E-state index is 11.8. The minimum Gasteiger partial charge on any atom is -0.390 e. The van der Waals surface area contributed by atoms with Gasteiger partial charge in [-0.05, 0) is 22.0 Å². The van der Waals surface area contributed by atoms with Gasteiger partial charge in [0.2, 0.25) is 0 Å². The number of ketones is 1. The van der Waals surface area contributed by atoms with Crippen LogP contribution >= 0.6 is 38.9 Å². The van der Waals surface area contributed by atoms with Crippen molar-refractivity contribution >= 4 is 50.6 Å². The molecule has 0 fully saturated rings. The Hall–Kier alpha value is -1.32. The number of nitro groups is 1. The van der Waals surface area contributed by atoms with Crippen LogP contribution in [0.1, 0.15) is 9.67 Å². The van der Waals surface area contributed by atoms with Gasteiger partial charge in [-0.25, -0.2) is 0 Å². The summed E-state index contributed by atoms with van der Waals surface area (Å²) in [6, 6.07) is 3.20. The first-order chi connectivity index (χ1) is 8.47. The molecule has 0 aromatic carbocycles. The Kier molecular flexibility index (Phi) is 3.73. The normalized spacial score (nSPS) is 10.6. The van der Waals surface area contributed by atoms with Gasteiger partial charge in [-0.3, -0.25) is 4.79 Å². The van der Waals surface area contributed by atoms with E-state index in [9.17, 15) is 14.9 Å². The second-order valence-electron chi connectivity index (χ2n) is 3.12. The quantitative estimate of drug-likeness (QED) is 0.479. The van der Waals surface area contributed by atoms with E-state index in [0.29, 0.717) is 9.21 Å². The summed E-state index contributed by atoms with van der Waals surface area (Å²) >= 11 is 9.86. The predicted molar refractivity (Wildman–Crippen MR) is 68.0 cm³/mol. The third-order valence-corrected chi connectivity index (χ3v) is 3.78. The van der Waals surface area contributed by atoms with Crippen LogP contribution in [0.2, 0.25) is 4.34 Å². The lowest BCUT2D eigenvalue weighted by Gasteiger charge is -1.94. The number of nitrogens with zero attached hydrogens (tertiary/aromatic N) is 4. The van der Waals surface area contributed by atoms with Crippen molar-refractivity contribution in [2.24, 2.45) is 0 Å². The van der Waals surface area contributed by atoms with Crippen LogP contribution in [-0.4, -0.2) is 25.5 Å². The molecule has 0 unspecified atom stereocenters. The molecule has 0 spiro atoms. The standard InChI is InChI=1S/C8H4BrClN4O3S/c9-7-11-8(14(16)17)12-13(7)3-4(15)5-1-2-6(10)18-5/h1-2H,3H2. The van der Waals surface area contributed by atoms with Gasteiger partial charge < -0.3 is 10.1 Å². The van der Waals surface area contributed by atoms with E-state index in [-0.39, 0.29) is 17.1 Å². The van der Waals surface area contributed by atoms with Crippen LogP contribution in [0, 0.1) is 10.1 Å². The summed E-state index contributed by atoms with van der Waals surface area (Å²) in [6.45, 7) is -0.141. The number of rotatable bonds is 4. The number of aromatic nitrogens is 3. The van der Waals surface area contributed by atoms with E-state index in [1.165, 1.54) is 0 Å². The van der Waals surface area contributed by atoms with Crippen molar-refractivity contribution in [2.45, 2.75) is 6.54 Å². The van der Waals surface area contributed by atoms with E-state index in [4.69, 9.17) is 11.6 Å². The lowest BCUT2D eigenvalue weighted by molar-refractivity contribution is -0.394. The fourth-order valence-corrected chi connectivity index (χ4v) is 2.50. The van der Waals surface area contributed by atoms with Gasteiger partial charge in [0, 0.05) is 21.0 Å². The minimum absolute atomic E-state index is 0.130. The zero-order valence-corrected chi connectivity index (χ0v) is 11.7. The van der Waals surface area contributed by atoms with Crippen LogP contribution < -0.4 is 0 Å². The topological polar surface area (TPSA) is 90.9 Å². The van der Waals surface area contributed by atoms with Crippen molar-refractivity contribution in [2.75, 3.05) is 0 Å². The van der Waals surface area contributed by atoms with Crippen LogP contribution in [0.5, 0.6) is 0 Å². The van der Waals surface area contributed by atoms with Gasteiger partial charge in [-0.2, -0.15) is 4.68 Å². The zero-order chi connectivity index (χ0) is 13.3. The van der Waals surface area contributed by atoms with Crippen molar-refractivity contribution in [3.05, 3.63) is 36.2 Å². The largest absolute Gasteiger partial charge is 0.492 e. The SMILES string of the molecule is O=C(Cn1nc([N+](=O)[O-])nc1Br)c1ccc(Cl)s1. The first-order valence-electron chi connectivity index (χ1n) is 4.50. The molecule has 94 valence electrons. The zero-order valence-electron chi connectivity index (χ0n) is 8.54. The van der Waals surface area contributed by atoms with Gasteiger partial charge in [0.1, 0.15) is 6.54 Å². The van der Waals surface area contributed by atoms with Crippen molar-refractivity contribution in [1.29, 1.82) is 0 Å². The van der Waals surface area contributed by atoms with Crippen molar-refractivity contribution in [3.63, 3.8) is 0 Å². The molecule has 2 aromatic heterocycles. The summed E-state index contributed by atoms with van der Waals surface area (Å²) in [6.07, 6.45) is 0. The molecule has 0 aliphatic heterocycles. The minimum atomic E-state index is -0.728. The van der Waals surface area contributed by atoms with Crippen LogP contribution in [0.4, 0.5) is 5.95 Å². The molecular weight excluding hydrogens is 348 g/mol. The van der Waals surface area contributed by atoms with Crippen LogP contribution in [0.25, 0.3) is 0 Å². The summed E-state index contributed by atoms with van der Waals surface area (Å²) in [5, 5.41) is 14.1. The molecule has 0 aliphatic carbocycles. The van der Waals surface area contributed by atoms with E-state index in [1.807, 2.05) is 0 Å². The molecule has 10 heteroatoms. The lowest BCUT2D eigenvalue weighted by atomic mass is 10.3. The van der Waals surface area contributed by atoms with E-state index in [1.54, 1.807) is 12.1 Å². The van der Waals surface area contributed by atoms with Gasteiger partial charge in [0.15, 0.2) is 5.78 Å². The number of carbonyl (C=O) groups excluding carboxylic acids is 1. The Morgan fingerprint density at radius 1 is 1.61 bits per heavy atom. The average Bonchev–Trinajstić information content (AvgIpc) is 2.86. The third-order valence-electron chi connectivity index (χ3n) is 1.92. The van der Waals surface area contributed by atoms with Gasteiger partial charge in [0.25, 0.3) is 4.73 Å². The van der Waals surface area contributed by atoms with Crippen LogP contribution in [-0.2, 0) is 6.54 Å². The molecule has 0 atom stereocenters. The molecule has 2 aromatic rings. The third kappa shape index (κ3) is 2.74. The van der Waals surface area contributed by atoms with Crippen molar-refractivity contribution < 1.29 is 9.72 Å². The summed E-state index contributed by atoms with van der Waals surface area (Å²) in [7, 11) is 0. The number of Topliss-reactive ketones (excluding diaryl/α,β-unsaturated/α-hetero) is 1. The highest BCUT2D eigenvalue weighted by Gasteiger charge is 2.22. The summed E-state index contributed by atoms with van der Waals surface area (Å²) in [4.78, 5) is 25.6. The molecule has 0 radical (unpaired) electrons. The summed E-state index contributed by atoms with van der Waals surface area (Å²) in [5.74, 6) is -0.800. The Balaban J connectivity index is 2.19. The number of halogens is 2. The molecule has 18 heavy (non-hydrogen) atoms. The maximum atomic E-state index is 11.8. The van der Waals surface area contributed by atoms with Crippen LogP contribution in [0.15, 0.2) is 16.9 Å². The number of carbonyl (C=O) groups is 1. The summed E-state index contributed by atoms with van der Waals surface area (Å²) in [5.41, 5.74) is 0. The average molecular weight is 352 g/mol. The molecular formula is C8H4BrClN4O3S. The van der Waals surface area contributed by atoms with E-state index >= 15 is 0 Å². The van der Waals surface area contributed by atoms with Crippen molar-refractivity contribution in [1.82, 2.24) is 14.8 Å². The van der Waals surface area contributed by atoms with E-state index in [0.717, 1.165) is 16.0 Å². The predicted octanol–water partition coefficient (Wildman–Crippen LogP) is 2.55. The molecule has 2 rings (SSSR count). The van der Waals surface area contributed by atoms with Gasteiger partial charge >= 0.3 is 5.95 Å². The van der Waals surface area contributed by atoms with Crippen LogP contribution in [0.3, 0.4) is 0 Å². The maximum Gasteiger partial charge on any atom is 0.492 e. The van der Waals surface area contributed by atoms with E-state index in [2.05, 4.69) is 26.0 Å². The highest BCUT2D eigenvalue weighted by atomic mass is 79.9.